The molecule has 2 rings (SSSR count). The predicted molar refractivity (Wildman–Crippen MR) is 71.1 cm³/mol. The molecule has 0 aliphatic heterocycles. The summed E-state index contributed by atoms with van der Waals surface area (Å²) in [6.07, 6.45) is 0.689. The summed E-state index contributed by atoms with van der Waals surface area (Å²) in [4.78, 5) is 8.71. The molecule has 0 unspecified atom stereocenters. The number of hydrogen-bond donors (Lipinski definition) is 1. The van der Waals surface area contributed by atoms with Gasteiger partial charge in [-0.3, -0.25) is 0 Å². The Balaban J connectivity index is 2.26. The molecule has 1 heterocycles. The number of aryl methyl sites for hydroxylation is 1. The number of rotatable bonds is 4. The molecule has 1 aromatic carbocycles. The van der Waals surface area contributed by atoms with E-state index in [4.69, 9.17) is 10.5 Å². The Kier molecular flexibility index (Phi) is 3.89. The van der Waals surface area contributed by atoms with Gasteiger partial charge >= 0.3 is 0 Å². The maximum absolute atomic E-state index is 5.77. The van der Waals surface area contributed by atoms with Crippen LogP contribution in [0.4, 0.5) is 5.82 Å². The summed E-state index contributed by atoms with van der Waals surface area (Å²) in [5.74, 6) is 1.22. The van der Waals surface area contributed by atoms with Crippen LogP contribution in [0.3, 0.4) is 0 Å². The molecular formula is C14H17N3O. The average molecular weight is 243 g/mol. The van der Waals surface area contributed by atoms with Crippen molar-refractivity contribution >= 4 is 5.82 Å². The van der Waals surface area contributed by atoms with Crippen molar-refractivity contribution in [1.29, 1.82) is 0 Å². The van der Waals surface area contributed by atoms with Gasteiger partial charge in [-0.15, -0.1) is 0 Å². The lowest BCUT2D eigenvalue weighted by atomic mass is 10.1. The standard InChI is InChI=1S/C14H17N3O/c1-10-5-3-4-6-11(10)7-14-16-12(9-18-2)8-13(15)17-14/h3-6,8H,7,9H2,1-2H3,(H2,15,16,17). The van der Waals surface area contributed by atoms with Crippen molar-refractivity contribution in [3.8, 4) is 0 Å². The molecule has 18 heavy (non-hydrogen) atoms. The van der Waals surface area contributed by atoms with E-state index in [0.717, 1.165) is 11.5 Å². The Hall–Kier alpha value is -1.94. The van der Waals surface area contributed by atoms with Gasteiger partial charge in [0.25, 0.3) is 0 Å². The van der Waals surface area contributed by atoms with E-state index in [1.807, 2.05) is 12.1 Å². The number of benzene rings is 1. The fraction of sp³-hybridized carbons (Fsp3) is 0.286. The SMILES string of the molecule is COCc1cc(N)nc(Cc2ccccc2C)n1. The summed E-state index contributed by atoms with van der Waals surface area (Å²) < 4.78 is 5.07. The molecule has 0 spiro atoms. The summed E-state index contributed by atoms with van der Waals surface area (Å²) in [5, 5.41) is 0. The lowest BCUT2D eigenvalue weighted by Gasteiger charge is -2.07. The first-order valence-corrected chi connectivity index (χ1v) is 5.85. The highest BCUT2D eigenvalue weighted by molar-refractivity contribution is 5.33. The van der Waals surface area contributed by atoms with Crippen LogP contribution in [0, 0.1) is 6.92 Å². The number of ether oxygens (including phenoxy) is 1. The highest BCUT2D eigenvalue weighted by Gasteiger charge is 2.05. The van der Waals surface area contributed by atoms with Crippen molar-refractivity contribution in [2.24, 2.45) is 0 Å². The van der Waals surface area contributed by atoms with Gasteiger partial charge in [0.15, 0.2) is 0 Å². The number of nitrogens with zero attached hydrogens (tertiary/aromatic N) is 2. The number of hydrogen-bond acceptors (Lipinski definition) is 4. The van der Waals surface area contributed by atoms with Crippen LogP contribution in [0.15, 0.2) is 30.3 Å². The molecule has 2 N–H and O–H groups in total. The summed E-state index contributed by atoms with van der Waals surface area (Å²) in [6, 6.07) is 9.94. The van der Waals surface area contributed by atoms with Crippen LogP contribution >= 0.6 is 0 Å². The molecule has 0 aliphatic carbocycles. The van der Waals surface area contributed by atoms with Crippen LogP contribution in [-0.4, -0.2) is 17.1 Å². The van der Waals surface area contributed by atoms with Gasteiger partial charge in [0.05, 0.1) is 12.3 Å². The van der Waals surface area contributed by atoms with E-state index < -0.39 is 0 Å². The fourth-order valence-electron chi connectivity index (χ4n) is 1.85. The van der Waals surface area contributed by atoms with Crippen molar-refractivity contribution in [1.82, 2.24) is 9.97 Å². The number of aromatic nitrogens is 2. The Morgan fingerprint density at radius 3 is 2.72 bits per heavy atom. The first kappa shape index (κ1) is 12.5. The summed E-state index contributed by atoms with van der Waals surface area (Å²) >= 11 is 0. The summed E-state index contributed by atoms with van der Waals surface area (Å²) in [6.45, 7) is 2.53. The quantitative estimate of drug-likeness (QED) is 0.893. The lowest BCUT2D eigenvalue weighted by Crippen LogP contribution is -2.05. The molecule has 0 radical (unpaired) electrons. The summed E-state index contributed by atoms with van der Waals surface area (Å²) in [7, 11) is 1.64. The number of anilines is 1. The third kappa shape index (κ3) is 3.05. The van der Waals surface area contributed by atoms with Crippen LogP contribution in [0.5, 0.6) is 0 Å². The van der Waals surface area contributed by atoms with Crippen LogP contribution in [0.1, 0.15) is 22.6 Å². The third-order valence-corrected chi connectivity index (χ3v) is 2.75. The average Bonchev–Trinajstić information content (AvgIpc) is 2.32. The van der Waals surface area contributed by atoms with Crippen molar-refractivity contribution in [3.05, 3.63) is 53.0 Å². The van der Waals surface area contributed by atoms with E-state index in [1.54, 1.807) is 13.2 Å². The minimum atomic E-state index is 0.452. The highest BCUT2D eigenvalue weighted by Crippen LogP contribution is 2.13. The van der Waals surface area contributed by atoms with Gasteiger partial charge in [0, 0.05) is 19.6 Å². The van der Waals surface area contributed by atoms with E-state index in [1.165, 1.54) is 11.1 Å². The van der Waals surface area contributed by atoms with E-state index in [0.29, 0.717) is 18.8 Å². The maximum atomic E-state index is 5.77. The Morgan fingerprint density at radius 2 is 2.00 bits per heavy atom. The Labute approximate surface area is 107 Å². The molecule has 0 atom stereocenters. The minimum absolute atomic E-state index is 0.452. The second kappa shape index (κ2) is 5.60. The van der Waals surface area contributed by atoms with Gasteiger partial charge in [-0.2, -0.15) is 0 Å². The largest absolute Gasteiger partial charge is 0.384 e. The Morgan fingerprint density at radius 1 is 1.22 bits per heavy atom. The zero-order chi connectivity index (χ0) is 13.0. The molecule has 0 saturated carbocycles. The smallest absolute Gasteiger partial charge is 0.135 e. The molecule has 4 nitrogen and oxygen atoms in total. The molecule has 94 valence electrons. The normalized spacial score (nSPS) is 10.6. The van der Waals surface area contributed by atoms with Crippen molar-refractivity contribution in [2.75, 3.05) is 12.8 Å². The van der Waals surface area contributed by atoms with Gasteiger partial charge < -0.3 is 10.5 Å². The van der Waals surface area contributed by atoms with Crippen molar-refractivity contribution < 1.29 is 4.74 Å². The molecule has 2 aromatic rings. The Bertz CT molecular complexity index is 540. The molecule has 1 aromatic heterocycles. The first-order chi connectivity index (χ1) is 8.69. The van der Waals surface area contributed by atoms with Gasteiger partial charge in [0.1, 0.15) is 11.6 Å². The molecule has 0 fully saturated rings. The van der Waals surface area contributed by atoms with E-state index in [2.05, 4.69) is 29.0 Å². The topological polar surface area (TPSA) is 61.0 Å². The molecule has 4 heteroatoms. The second-order valence-electron chi connectivity index (χ2n) is 4.24. The number of nitrogen functional groups attached to an aromatic ring is 1. The molecule has 0 aliphatic rings. The van der Waals surface area contributed by atoms with E-state index in [9.17, 15) is 0 Å². The predicted octanol–water partition coefficient (Wildman–Crippen LogP) is 2.10. The lowest BCUT2D eigenvalue weighted by molar-refractivity contribution is 0.181. The summed E-state index contributed by atoms with van der Waals surface area (Å²) in [5.41, 5.74) is 9.04. The van der Waals surface area contributed by atoms with Crippen LogP contribution in [-0.2, 0) is 17.8 Å². The van der Waals surface area contributed by atoms with Crippen LogP contribution < -0.4 is 5.73 Å². The third-order valence-electron chi connectivity index (χ3n) is 2.75. The van der Waals surface area contributed by atoms with Gasteiger partial charge in [-0.05, 0) is 18.1 Å². The molecular weight excluding hydrogens is 226 g/mol. The number of nitrogens with two attached hydrogens (primary N) is 1. The first-order valence-electron chi connectivity index (χ1n) is 5.85. The highest BCUT2D eigenvalue weighted by atomic mass is 16.5. The fourth-order valence-corrected chi connectivity index (χ4v) is 1.85. The van der Waals surface area contributed by atoms with Crippen molar-refractivity contribution in [2.45, 2.75) is 20.0 Å². The second-order valence-corrected chi connectivity index (χ2v) is 4.24. The van der Waals surface area contributed by atoms with Crippen molar-refractivity contribution in [3.63, 3.8) is 0 Å². The van der Waals surface area contributed by atoms with Crippen LogP contribution in [0.25, 0.3) is 0 Å². The zero-order valence-corrected chi connectivity index (χ0v) is 10.7. The van der Waals surface area contributed by atoms with Gasteiger partial charge in [-0.25, -0.2) is 9.97 Å². The van der Waals surface area contributed by atoms with E-state index >= 15 is 0 Å². The molecule has 0 bridgehead atoms. The molecule has 0 amide bonds. The minimum Gasteiger partial charge on any atom is -0.384 e. The van der Waals surface area contributed by atoms with Gasteiger partial charge in [0.2, 0.25) is 0 Å². The van der Waals surface area contributed by atoms with E-state index in [-0.39, 0.29) is 0 Å². The maximum Gasteiger partial charge on any atom is 0.135 e. The number of methoxy groups -OCH3 is 1. The monoisotopic (exact) mass is 243 g/mol. The molecule has 0 saturated heterocycles. The van der Waals surface area contributed by atoms with Gasteiger partial charge in [-0.1, -0.05) is 24.3 Å². The van der Waals surface area contributed by atoms with Crippen LogP contribution in [0.2, 0.25) is 0 Å². The zero-order valence-electron chi connectivity index (χ0n) is 10.7.